The second-order valence-corrected chi connectivity index (χ2v) is 7.71. The van der Waals surface area contributed by atoms with Gasteiger partial charge in [0.15, 0.2) is 16.6 Å². The van der Waals surface area contributed by atoms with Gasteiger partial charge in [0.25, 0.3) is 0 Å². The highest BCUT2D eigenvalue weighted by molar-refractivity contribution is 7.14. The van der Waals surface area contributed by atoms with Crippen molar-refractivity contribution in [3.63, 3.8) is 0 Å². The molecule has 1 amide bonds. The smallest absolute Gasteiger partial charge is 0.233 e. The van der Waals surface area contributed by atoms with Gasteiger partial charge in [-0.1, -0.05) is 17.7 Å². The molecule has 1 atom stereocenters. The number of carbonyl (C=O) groups is 1. The average Bonchev–Trinajstić information content (AvgIpc) is 3.21. The molecular weight excluding hydrogens is 388 g/mol. The van der Waals surface area contributed by atoms with E-state index in [2.05, 4.69) is 10.3 Å². The molecule has 3 aromatic rings. The van der Waals surface area contributed by atoms with E-state index in [-0.39, 0.29) is 11.8 Å². The summed E-state index contributed by atoms with van der Waals surface area (Å²) in [5.74, 6) is 1.66. The van der Waals surface area contributed by atoms with Gasteiger partial charge in [0.1, 0.15) is 19.0 Å². The average molecular weight is 410 g/mol. The Morgan fingerprint density at radius 3 is 2.76 bits per heavy atom. The summed E-state index contributed by atoms with van der Waals surface area (Å²) in [4.78, 5) is 17.3. The van der Waals surface area contributed by atoms with Crippen LogP contribution in [0.5, 0.6) is 17.2 Å². The minimum atomic E-state index is -0.355. The van der Waals surface area contributed by atoms with Crippen molar-refractivity contribution < 1.29 is 19.0 Å². The fraction of sp³-hybridized carbons (Fsp3) is 0.273. The molecule has 2 heterocycles. The number of ether oxygens (including phenoxy) is 3. The van der Waals surface area contributed by atoms with E-state index in [4.69, 9.17) is 14.2 Å². The molecule has 1 aliphatic heterocycles. The molecule has 1 aliphatic rings. The summed E-state index contributed by atoms with van der Waals surface area (Å²) in [5.41, 5.74) is 3.66. The number of fused-ring (bicyclic) bond motifs is 1. The van der Waals surface area contributed by atoms with Gasteiger partial charge in [-0.2, -0.15) is 0 Å². The molecule has 0 aliphatic carbocycles. The van der Waals surface area contributed by atoms with E-state index in [1.54, 1.807) is 7.11 Å². The van der Waals surface area contributed by atoms with E-state index in [0.29, 0.717) is 29.8 Å². The number of aromatic nitrogens is 1. The third kappa shape index (κ3) is 4.05. The summed E-state index contributed by atoms with van der Waals surface area (Å²) in [5, 5.41) is 5.39. The lowest BCUT2D eigenvalue weighted by Gasteiger charge is -2.20. The summed E-state index contributed by atoms with van der Waals surface area (Å²) in [6.45, 7) is 4.94. The summed E-state index contributed by atoms with van der Waals surface area (Å²) >= 11 is 1.39. The van der Waals surface area contributed by atoms with Crippen molar-refractivity contribution in [3.8, 4) is 28.5 Å². The molecule has 1 aromatic heterocycles. The first-order chi connectivity index (χ1) is 14.0. The van der Waals surface area contributed by atoms with Gasteiger partial charge in [-0.15, -0.1) is 11.3 Å². The highest BCUT2D eigenvalue weighted by Gasteiger charge is 2.20. The molecular formula is C22H22N2O4S. The molecule has 7 heteroatoms. The zero-order valence-corrected chi connectivity index (χ0v) is 17.3. The Kier molecular flexibility index (Phi) is 5.40. The first kappa shape index (κ1) is 19.3. The summed E-state index contributed by atoms with van der Waals surface area (Å²) in [7, 11) is 1.64. The number of carbonyl (C=O) groups excluding carboxylic acids is 1. The molecule has 29 heavy (non-hydrogen) atoms. The van der Waals surface area contributed by atoms with Gasteiger partial charge >= 0.3 is 0 Å². The second kappa shape index (κ2) is 8.13. The van der Waals surface area contributed by atoms with Gasteiger partial charge in [0.05, 0.1) is 18.7 Å². The van der Waals surface area contributed by atoms with Gasteiger partial charge in [-0.05, 0) is 43.7 Å². The fourth-order valence-electron chi connectivity index (χ4n) is 3.17. The number of amides is 1. The van der Waals surface area contributed by atoms with E-state index in [9.17, 15) is 4.79 Å². The number of benzene rings is 2. The Morgan fingerprint density at radius 1 is 1.17 bits per heavy atom. The lowest BCUT2D eigenvalue weighted by molar-refractivity contribution is -0.117. The summed E-state index contributed by atoms with van der Waals surface area (Å²) < 4.78 is 16.6. The van der Waals surface area contributed by atoms with Gasteiger partial charge in [0, 0.05) is 10.9 Å². The maximum Gasteiger partial charge on any atom is 0.233 e. The molecule has 0 saturated carbocycles. The standard InChI is InChI=1S/C22H22N2O4S/c1-13-4-6-18(26-3)16(10-13)17-12-29-22(23-17)24-21(25)14(2)15-5-7-19-20(11-15)28-9-8-27-19/h4-7,10-12,14H,8-9H2,1-3H3,(H,23,24,25). The van der Waals surface area contributed by atoms with Crippen LogP contribution in [0.15, 0.2) is 41.8 Å². The second-order valence-electron chi connectivity index (χ2n) is 6.86. The fourth-order valence-corrected chi connectivity index (χ4v) is 3.88. The van der Waals surface area contributed by atoms with Crippen LogP contribution in [0, 0.1) is 6.92 Å². The van der Waals surface area contributed by atoms with Gasteiger partial charge in [0.2, 0.25) is 5.91 Å². The van der Waals surface area contributed by atoms with E-state index in [1.165, 1.54) is 11.3 Å². The quantitative estimate of drug-likeness (QED) is 0.664. The third-order valence-corrected chi connectivity index (χ3v) is 5.58. The van der Waals surface area contributed by atoms with E-state index < -0.39 is 0 Å². The van der Waals surface area contributed by atoms with Crippen LogP contribution in [0.2, 0.25) is 0 Å². The minimum Gasteiger partial charge on any atom is -0.496 e. The topological polar surface area (TPSA) is 69.7 Å². The van der Waals surface area contributed by atoms with Crippen molar-refractivity contribution in [2.45, 2.75) is 19.8 Å². The molecule has 0 bridgehead atoms. The Labute approximate surface area is 173 Å². The molecule has 0 radical (unpaired) electrons. The number of aryl methyl sites for hydroxylation is 1. The van der Waals surface area contributed by atoms with Crippen LogP contribution in [0.1, 0.15) is 24.0 Å². The zero-order valence-electron chi connectivity index (χ0n) is 16.5. The van der Waals surface area contributed by atoms with Crippen LogP contribution < -0.4 is 19.5 Å². The lowest BCUT2D eigenvalue weighted by Crippen LogP contribution is -2.20. The zero-order chi connectivity index (χ0) is 20.4. The monoisotopic (exact) mass is 410 g/mol. The van der Waals surface area contributed by atoms with E-state index >= 15 is 0 Å². The molecule has 150 valence electrons. The largest absolute Gasteiger partial charge is 0.496 e. The van der Waals surface area contributed by atoms with Crippen molar-refractivity contribution in [2.75, 3.05) is 25.6 Å². The molecule has 0 saturated heterocycles. The number of nitrogens with zero attached hydrogens (tertiary/aromatic N) is 1. The summed E-state index contributed by atoms with van der Waals surface area (Å²) in [6, 6.07) is 11.5. The van der Waals surface area contributed by atoms with Crippen molar-refractivity contribution in [2.24, 2.45) is 0 Å². The summed E-state index contributed by atoms with van der Waals surface area (Å²) in [6.07, 6.45) is 0. The normalized spacial score (nSPS) is 13.6. The van der Waals surface area contributed by atoms with Crippen LogP contribution in [0.4, 0.5) is 5.13 Å². The van der Waals surface area contributed by atoms with Crippen molar-refractivity contribution >= 4 is 22.4 Å². The van der Waals surface area contributed by atoms with Crippen LogP contribution in [-0.4, -0.2) is 31.2 Å². The molecule has 0 spiro atoms. The van der Waals surface area contributed by atoms with Gasteiger partial charge in [-0.25, -0.2) is 4.98 Å². The van der Waals surface area contributed by atoms with Crippen LogP contribution >= 0.6 is 11.3 Å². The first-order valence-corrected chi connectivity index (χ1v) is 10.2. The number of hydrogen-bond acceptors (Lipinski definition) is 6. The number of rotatable bonds is 5. The van der Waals surface area contributed by atoms with Crippen LogP contribution in [0.3, 0.4) is 0 Å². The Bertz CT molecular complexity index is 1050. The lowest BCUT2D eigenvalue weighted by atomic mass is 10.00. The Balaban J connectivity index is 1.50. The van der Waals surface area contributed by atoms with Gasteiger partial charge < -0.3 is 19.5 Å². The van der Waals surface area contributed by atoms with E-state index in [0.717, 1.165) is 28.1 Å². The molecule has 1 N–H and O–H groups in total. The third-order valence-electron chi connectivity index (χ3n) is 4.82. The predicted octanol–water partition coefficient (Wildman–Crippen LogP) is 4.64. The molecule has 0 fully saturated rings. The van der Waals surface area contributed by atoms with Gasteiger partial charge in [-0.3, -0.25) is 4.79 Å². The number of hydrogen-bond donors (Lipinski definition) is 1. The van der Waals surface area contributed by atoms with Crippen molar-refractivity contribution in [3.05, 3.63) is 52.9 Å². The Morgan fingerprint density at radius 2 is 1.97 bits per heavy atom. The van der Waals surface area contributed by atoms with E-state index in [1.807, 2.05) is 55.6 Å². The number of methoxy groups -OCH3 is 1. The predicted molar refractivity (Wildman–Crippen MR) is 113 cm³/mol. The number of anilines is 1. The highest BCUT2D eigenvalue weighted by Crippen LogP contribution is 2.35. The number of thiazole rings is 1. The van der Waals surface area contributed by atoms with Crippen molar-refractivity contribution in [1.29, 1.82) is 0 Å². The maximum atomic E-state index is 12.8. The molecule has 4 rings (SSSR count). The highest BCUT2D eigenvalue weighted by atomic mass is 32.1. The maximum absolute atomic E-state index is 12.8. The molecule has 2 aromatic carbocycles. The molecule has 6 nitrogen and oxygen atoms in total. The van der Waals surface area contributed by atoms with Crippen molar-refractivity contribution in [1.82, 2.24) is 4.98 Å². The minimum absolute atomic E-state index is 0.126. The SMILES string of the molecule is COc1ccc(C)cc1-c1csc(NC(=O)C(C)c2ccc3c(c2)OCCO3)n1. The Hall–Kier alpha value is -3.06. The molecule has 1 unspecified atom stereocenters. The number of nitrogens with one attached hydrogen (secondary N) is 1. The first-order valence-electron chi connectivity index (χ1n) is 9.36. The van der Waals surface area contributed by atoms with Crippen LogP contribution in [0.25, 0.3) is 11.3 Å². The van der Waals surface area contributed by atoms with Crippen LogP contribution in [-0.2, 0) is 4.79 Å².